The first-order valence-electron chi connectivity index (χ1n) is 5.87. The third kappa shape index (κ3) is 3.43. The fourth-order valence-electron chi connectivity index (χ4n) is 2.06. The quantitative estimate of drug-likeness (QED) is 0.689. The molecule has 1 heterocycles. The Bertz CT molecular complexity index is 222. The Morgan fingerprint density at radius 3 is 2.94 bits per heavy atom. The molecule has 2 N–H and O–H groups in total. The van der Waals surface area contributed by atoms with Gasteiger partial charge in [0, 0.05) is 6.54 Å². The van der Waals surface area contributed by atoms with Gasteiger partial charge in [0.2, 0.25) is 0 Å². The van der Waals surface area contributed by atoms with Crippen LogP contribution in [0.25, 0.3) is 0 Å². The Morgan fingerprint density at radius 2 is 2.38 bits per heavy atom. The van der Waals surface area contributed by atoms with Crippen molar-refractivity contribution in [3.8, 4) is 0 Å². The van der Waals surface area contributed by atoms with E-state index >= 15 is 0 Å². The molecule has 0 aromatic carbocycles. The van der Waals surface area contributed by atoms with Gasteiger partial charge in [-0.3, -0.25) is 9.69 Å². The molecule has 1 aliphatic heterocycles. The first kappa shape index (κ1) is 13.4. The van der Waals surface area contributed by atoms with Crippen LogP contribution in [0.15, 0.2) is 0 Å². The van der Waals surface area contributed by atoms with Gasteiger partial charge in [-0.1, -0.05) is 19.8 Å². The summed E-state index contributed by atoms with van der Waals surface area (Å²) in [5.74, 6) is -0.797. The van der Waals surface area contributed by atoms with E-state index in [4.69, 9.17) is 4.74 Å². The van der Waals surface area contributed by atoms with Gasteiger partial charge in [0.15, 0.2) is 0 Å². The van der Waals surface area contributed by atoms with Crippen LogP contribution in [0.1, 0.15) is 26.2 Å². The number of carboxylic acids is 1. The number of unbranched alkanes of at least 4 members (excludes halogenated alkanes) is 1. The predicted molar refractivity (Wildman–Crippen MR) is 59.3 cm³/mol. The molecule has 0 saturated carbocycles. The monoisotopic (exact) mass is 231 g/mol. The van der Waals surface area contributed by atoms with E-state index in [2.05, 4.69) is 0 Å². The van der Waals surface area contributed by atoms with Crippen LogP contribution in [-0.4, -0.2) is 59.5 Å². The van der Waals surface area contributed by atoms with Crippen LogP contribution in [0.3, 0.4) is 0 Å². The number of rotatable bonds is 6. The molecule has 0 bridgehead atoms. The predicted octanol–water partition coefficient (Wildman–Crippen LogP) is 0.323. The van der Waals surface area contributed by atoms with Crippen molar-refractivity contribution in [1.29, 1.82) is 0 Å². The molecule has 1 rings (SSSR count). The minimum Gasteiger partial charge on any atom is -0.480 e. The van der Waals surface area contributed by atoms with Crippen LogP contribution in [0, 0.1) is 0 Å². The van der Waals surface area contributed by atoms with Crippen molar-refractivity contribution in [3.05, 3.63) is 0 Å². The lowest BCUT2D eigenvalue weighted by atomic mass is 10.1. The molecule has 1 fully saturated rings. The molecule has 0 spiro atoms. The van der Waals surface area contributed by atoms with Gasteiger partial charge in [0.25, 0.3) is 0 Å². The number of carboxylic acid groups (broad SMARTS) is 1. The van der Waals surface area contributed by atoms with E-state index in [0.717, 1.165) is 12.8 Å². The van der Waals surface area contributed by atoms with Crippen molar-refractivity contribution in [2.75, 3.05) is 26.4 Å². The molecular formula is C11H21NO4. The van der Waals surface area contributed by atoms with Gasteiger partial charge in [-0.05, 0) is 6.42 Å². The SMILES string of the molecule is CCCCC(C(=O)O)N1CCOCC1CO. The topological polar surface area (TPSA) is 70.0 Å². The molecule has 1 aliphatic rings. The van der Waals surface area contributed by atoms with Crippen LogP contribution in [0.2, 0.25) is 0 Å². The highest BCUT2D eigenvalue weighted by Gasteiger charge is 2.32. The summed E-state index contributed by atoms with van der Waals surface area (Å²) in [7, 11) is 0. The maximum atomic E-state index is 11.2. The summed E-state index contributed by atoms with van der Waals surface area (Å²) in [5.41, 5.74) is 0. The van der Waals surface area contributed by atoms with Gasteiger partial charge in [-0.25, -0.2) is 0 Å². The Balaban J connectivity index is 2.62. The molecule has 0 aromatic rings. The average Bonchev–Trinajstić information content (AvgIpc) is 2.29. The Labute approximate surface area is 96.0 Å². The zero-order chi connectivity index (χ0) is 12.0. The third-order valence-electron chi connectivity index (χ3n) is 3.00. The van der Waals surface area contributed by atoms with Crippen molar-refractivity contribution in [2.45, 2.75) is 38.3 Å². The van der Waals surface area contributed by atoms with Gasteiger partial charge >= 0.3 is 5.97 Å². The fraction of sp³-hybridized carbons (Fsp3) is 0.909. The van der Waals surface area contributed by atoms with Crippen molar-refractivity contribution < 1.29 is 19.7 Å². The number of nitrogens with zero attached hydrogens (tertiary/aromatic N) is 1. The molecule has 0 aliphatic carbocycles. The van der Waals surface area contributed by atoms with Crippen molar-refractivity contribution in [3.63, 3.8) is 0 Å². The highest BCUT2D eigenvalue weighted by atomic mass is 16.5. The van der Waals surface area contributed by atoms with E-state index in [9.17, 15) is 15.0 Å². The summed E-state index contributed by atoms with van der Waals surface area (Å²) < 4.78 is 5.24. The molecular weight excluding hydrogens is 210 g/mol. The van der Waals surface area contributed by atoms with E-state index < -0.39 is 12.0 Å². The lowest BCUT2D eigenvalue weighted by Crippen LogP contribution is -2.54. The minimum absolute atomic E-state index is 0.0457. The molecule has 16 heavy (non-hydrogen) atoms. The number of morpholine rings is 1. The molecule has 0 radical (unpaired) electrons. The molecule has 1 saturated heterocycles. The van der Waals surface area contributed by atoms with Crippen LogP contribution in [0.5, 0.6) is 0 Å². The molecule has 2 atom stereocenters. The number of carbonyl (C=O) groups is 1. The number of hydrogen-bond donors (Lipinski definition) is 2. The minimum atomic E-state index is -0.797. The maximum Gasteiger partial charge on any atom is 0.320 e. The van der Waals surface area contributed by atoms with Gasteiger partial charge < -0.3 is 14.9 Å². The van der Waals surface area contributed by atoms with Crippen LogP contribution in [-0.2, 0) is 9.53 Å². The van der Waals surface area contributed by atoms with E-state index in [1.54, 1.807) is 0 Å². The second kappa shape index (κ2) is 6.83. The summed E-state index contributed by atoms with van der Waals surface area (Å²) >= 11 is 0. The summed E-state index contributed by atoms with van der Waals surface area (Å²) in [6.07, 6.45) is 2.52. The zero-order valence-corrected chi connectivity index (χ0v) is 9.76. The fourth-order valence-corrected chi connectivity index (χ4v) is 2.06. The van der Waals surface area contributed by atoms with E-state index in [0.29, 0.717) is 26.2 Å². The molecule has 0 aromatic heterocycles. The zero-order valence-electron chi connectivity index (χ0n) is 9.76. The normalized spacial score (nSPS) is 24.2. The Morgan fingerprint density at radius 1 is 1.62 bits per heavy atom. The summed E-state index contributed by atoms with van der Waals surface area (Å²) in [6, 6.07) is -0.660. The summed E-state index contributed by atoms with van der Waals surface area (Å²) in [5, 5.41) is 18.4. The second-order valence-corrected chi connectivity index (χ2v) is 4.15. The van der Waals surface area contributed by atoms with Crippen molar-refractivity contribution in [1.82, 2.24) is 4.90 Å². The lowest BCUT2D eigenvalue weighted by Gasteiger charge is -2.38. The van der Waals surface area contributed by atoms with Crippen molar-refractivity contribution in [2.24, 2.45) is 0 Å². The highest BCUT2D eigenvalue weighted by molar-refractivity contribution is 5.73. The summed E-state index contributed by atoms with van der Waals surface area (Å²) in [6.45, 7) is 3.56. The van der Waals surface area contributed by atoms with Crippen LogP contribution >= 0.6 is 0 Å². The lowest BCUT2D eigenvalue weighted by molar-refractivity contribution is -0.148. The first-order valence-corrected chi connectivity index (χ1v) is 5.87. The standard InChI is InChI=1S/C11H21NO4/c1-2-3-4-10(11(14)15)12-5-6-16-8-9(12)7-13/h9-10,13H,2-8H2,1H3,(H,14,15). The number of aliphatic hydroxyl groups is 1. The molecule has 94 valence electrons. The van der Waals surface area contributed by atoms with E-state index in [1.165, 1.54) is 0 Å². The third-order valence-corrected chi connectivity index (χ3v) is 3.00. The molecule has 2 unspecified atom stereocenters. The van der Waals surface area contributed by atoms with Gasteiger partial charge in [0.05, 0.1) is 25.9 Å². The summed E-state index contributed by atoms with van der Waals surface area (Å²) in [4.78, 5) is 13.1. The molecule has 0 amide bonds. The number of aliphatic hydroxyl groups excluding tert-OH is 1. The van der Waals surface area contributed by atoms with Crippen molar-refractivity contribution >= 4 is 5.97 Å². The average molecular weight is 231 g/mol. The largest absolute Gasteiger partial charge is 0.480 e. The van der Waals surface area contributed by atoms with E-state index in [-0.39, 0.29) is 12.6 Å². The van der Waals surface area contributed by atoms with Gasteiger partial charge in [0.1, 0.15) is 6.04 Å². The van der Waals surface area contributed by atoms with Crippen LogP contribution in [0.4, 0.5) is 0 Å². The number of ether oxygens (including phenoxy) is 1. The number of aliphatic carboxylic acids is 1. The van der Waals surface area contributed by atoms with Crippen LogP contribution < -0.4 is 0 Å². The van der Waals surface area contributed by atoms with Gasteiger partial charge in [-0.15, -0.1) is 0 Å². The first-order chi connectivity index (χ1) is 7.70. The van der Waals surface area contributed by atoms with Gasteiger partial charge in [-0.2, -0.15) is 0 Å². The molecule has 5 nitrogen and oxygen atoms in total. The maximum absolute atomic E-state index is 11.2. The highest BCUT2D eigenvalue weighted by Crippen LogP contribution is 2.16. The van der Waals surface area contributed by atoms with E-state index in [1.807, 2.05) is 11.8 Å². The Kier molecular flexibility index (Phi) is 5.73. The number of hydrogen-bond acceptors (Lipinski definition) is 4. The smallest absolute Gasteiger partial charge is 0.320 e. The second-order valence-electron chi connectivity index (χ2n) is 4.15. The molecule has 5 heteroatoms. The Hall–Kier alpha value is -0.650.